The highest BCUT2D eigenvalue weighted by atomic mass is 32.2. The van der Waals surface area contributed by atoms with Gasteiger partial charge in [-0.15, -0.1) is 0 Å². The van der Waals surface area contributed by atoms with E-state index in [1.165, 1.54) is 6.20 Å². The van der Waals surface area contributed by atoms with Gasteiger partial charge < -0.3 is 5.32 Å². The zero-order valence-corrected chi connectivity index (χ0v) is 18.5. The maximum atomic E-state index is 12.8. The summed E-state index contributed by atoms with van der Waals surface area (Å²) in [6, 6.07) is 8.76. The molecule has 1 amide bonds. The number of nitrogens with zero attached hydrogens (tertiary/aromatic N) is 3. The van der Waals surface area contributed by atoms with Crippen molar-refractivity contribution in [2.45, 2.75) is 49.6 Å². The number of hydrogen-bond donors (Lipinski definition) is 2. The van der Waals surface area contributed by atoms with Gasteiger partial charge in [-0.05, 0) is 44.7 Å². The fourth-order valence-corrected chi connectivity index (χ4v) is 5.32. The van der Waals surface area contributed by atoms with Crippen LogP contribution in [0, 0.1) is 5.92 Å². The molecule has 3 aromatic rings. The first-order valence-corrected chi connectivity index (χ1v) is 12.0. The van der Waals surface area contributed by atoms with Gasteiger partial charge in [0.15, 0.2) is 0 Å². The molecule has 0 aliphatic heterocycles. The quantitative estimate of drug-likeness (QED) is 0.612. The molecule has 1 aliphatic carbocycles. The van der Waals surface area contributed by atoms with Crippen LogP contribution in [0.2, 0.25) is 0 Å². The van der Waals surface area contributed by atoms with Crippen molar-refractivity contribution >= 4 is 26.8 Å². The number of fused-ring (bicyclic) bond motifs is 1. The van der Waals surface area contributed by atoms with Gasteiger partial charge in [0.25, 0.3) is 0 Å². The van der Waals surface area contributed by atoms with Gasteiger partial charge >= 0.3 is 0 Å². The molecule has 0 radical (unpaired) electrons. The molecule has 1 saturated carbocycles. The molecule has 0 spiro atoms. The highest BCUT2D eigenvalue weighted by Crippen LogP contribution is 2.27. The number of sulfonamides is 1. The van der Waals surface area contributed by atoms with E-state index in [9.17, 15) is 13.2 Å². The van der Waals surface area contributed by atoms with Crippen LogP contribution in [0.3, 0.4) is 0 Å². The minimum Gasteiger partial charge on any atom is -0.349 e. The smallest absolute Gasteiger partial charge is 0.242 e. The molecule has 1 fully saturated rings. The van der Waals surface area contributed by atoms with Crippen molar-refractivity contribution in [2.75, 3.05) is 0 Å². The number of carbonyl (C=O) groups excluding carboxylic acids is 1. The molecule has 8 nitrogen and oxygen atoms in total. The highest BCUT2D eigenvalue weighted by Gasteiger charge is 2.30. The summed E-state index contributed by atoms with van der Waals surface area (Å²) in [5, 5.41) is 7.97. The van der Waals surface area contributed by atoms with E-state index in [-0.39, 0.29) is 28.8 Å². The molecule has 1 aromatic carbocycles. The summed E-state index contributed by atoms with van der Waals surface area (Å²) in [5.74, 6) is -0.0985. The molecule has 1 atom stereocenters. The van der Waals surface area contributed by atoms with Gasteiger partial charge in [0.1, 0.15) is 4.90 Å². The van der Waals surface area contributed by atoms with Crippen LogP contribution < -0.4 is 10.0 Å². The molecule has 0 saturated heterocycles. The third-order valence-electron chi connectivity index (χ3n) is 5.88. The Morgan fingerprint density at radius 3 is 2.61 bits per heavy atom. The lowest BCUT2D eigenvalue weighted by molar-refractivity contribution is -0.126. The molecule has 0 bridgehead atoms. The second-order valence-corrected chi connectivity index (χ2v) is 9.93. The summed E-state index contributed by atoms with van der Waals surface area (Å²) in [6.07, 6.45) is 7.57. The molecule has 2 heterocycles. The zero-order chi connectivity index (χ0) is 22.0. The van der Waals surface area contributed by atoms with E-state index in [2.05, 4.69) is 20.1 Å². The molecule has 1 unspecified atom stereocenters. The Hall–Kier alpha value is -2.78. The summed E-state index contributed by atoms with van der Waals surface area (Å²) in [4.78, 5) is 17.1. The van der Waals surface area contributed by atoms with Crippen LogP contribution in [0.4, 0.5) is 0 Å². The lowest BCUT2D eigenvalue weighted by Gasteiger charge is -2.29. The summed E-state index contributed by atoms with van der Waals surface area (Å²) in [6.45, 7) is 1.94. The average molecular weight is 442 g/mol. The molecule has 164 valence electrons. The van der Waals surface area contributed by atoms with Gasteiger partial charge in [-0.1, -0.05) is 18.2 Å². The molecule has 9 heteroatoms. The number of nitrogens with one attached hydrogen (secondary N) is 2. The number of hydrogen-bond acceptors (Lipinski definition) is 5. The minimum absolute atomic E-state index is 0.0105. The van der Waals surface area contributed by atoms with Gasteiger partial charge in [0.2, 0.25) is 15.9 Å². The van der Waals surface area contributed by atoms with E-state index >= 15 is 0 Å². The van der Waals surface area contributed by atoms with E-state index in [0.717, 1.165) is 16.5 Å². The summed E-state index contributed by atoms with van der Waals surface area (Å²) in [7, 11) is -1.82. The van der Waals surface area contributed by atoms with Crippen LogP contribution in [0.15, 0.2) is 53.8 Å². The largest absolute Gasteiger partial charge is 0.349 e. The number of aryl methyl sites for hydroxylation is 1. The maximum Gasteiger partial charge on any atom is 0.242 e. The van der Waals surface area contributed by atoms with Crippen molar-refractivity contribution in [1.29, 1.82) is 0 Å². The Balaban J connectivity index is 1.33. The lowest BCUT2D eigenvalue weighted by atomic mass is 9.85. The Bertz CT molecular complexity index is 1180. The molecular formula is C22H27N5O3S. The fraction of sp³-hybridized carbons (Fsp3) is 0.409. The molecule has 31 heavy (non-hydrogen) atoms. The SMILES string of the molecule is CC(NC(=O)[C@H]1CC[C@H](NS(=O)(=O)c2cnc3ccccc3c2)CC1)c1cnn(C)c1. The molecule has 4 rings (SSSR count). The van der Waals surface area contributed by atoms with E-state index in [1.807, 2.05) is 44.4 Å². The molecule has 1 aliphatic rings. The van der Waals surface area contributed by atoms with Crippen molar-refractivity contribution in [3.05, 3.63) is 54.5 Å². The maximum absolute atomic E-state index is 12.8. The second-order valence-electron chi connectivity index (χ2n) is 8.21. The van der Waals surface area contributed by atoms with Crippen LogP contribution in [0.1, 0.15) is 44.2 Å². The van der Waals surface area contributed by atoms with Crippen LogP contribution in [-0.4, -0.2) is 35.1 Å². The average Bonchev–Trinajstić information content (AvgIpc) is 3.20. The van der Waals surface area contributed by atoms with Crippen molar-refractivity contribution in [3.8, 4) is 0 Å². The number of rotatable bonds is 6. The van der Waals surface area contributed by atoms with Crippen LogP contribution >= 0.6 is 0 Å². The standard InChI is InChI=1S/C22H27N5O3S/c1-15(18-12-24-27(2)14-18)25-22(28)16-7-9-19(10-8-16)26-31(29,30)20-11-17-5-3-4-6-21(17)23-13-20/h3-6,11-16,19,26H,7-10H2,1-2H3,(H,25,28)/t15?,16-,19-. The Kier molecular flexibility index (Phi) is 6.06. The van der Waals surface area contributed by atoms with Crippen LogP contribution in [0.5, 0.6) is 0 Å². The normalized spacial score (nSPS) is 20.5. The number of benzene rings is 1. The van der Waals surface area contributed by atoms with Crippen molar-refractivity contribution in [2.24, 2.45) is 13.0 Å². The zero-order valence-electron chi connectivity index (χ0n) is 17.7. The number of amides is 1. The number of para-hydroxylation sites is 1. The van der Waals surface area contributed by atoms with Gasteiger partial charge in [-0.2, -0.15) is 5.10 Å². The lowest BCUT2D eigenvalue weighted by Crippen LogP contribution is -2.41. The second kappa shape index (κ2) is 8.76. The topological polar surface area (TPSA) is 106 Å². The predicted octanol–water partition coefficient (Wildman–Crippen LogP) is 2.68. The van der Waals surface area contributed by atoms with Crippen LogP contribution in [-0.2, 0) is 21.9 Å². The minimum atomic E-state index is -3.66. The summed E-state index contributed by atoms with van der Waals surface area (Å²) in [5.41, 5.74) is 1.72. The summed E-state index contributed by atoms with van der Waals surface area (Å²) < 4.78 is 30.2. The molecule has 2 N–H and O–H groups in total. The Morgan fingerprint density at radius 2 is 1.90 bits per heavy atom. The van der Waals surface area contributed by atoms with E-state index < -0.39 is 10.0 Å². The fourth-order valence-electron chi connectivity index (χ4n) is 4.04. The van der Waals surface area contributed by atoms with Gasteiger partial charge in [0, 0.05) is 42.4 Å². The van der Waals surface area contributed by atoms with Gasteiger partial charge in [0.05, 0.1) is 17.8 Å². The summed E-state index contributed by atoms with van der Waals surface area (Å²) >= 11 is 0. The number of pyridine rings is 1. The first kappa shape index (κ1) is 21.5. The number of carbonyl (C=O) groups is 1. The molecular weight excluding hydrogens is 414 g/mol. The highest BCUT2D eigenvalue weighted by molar-refractivity contribution is 7.89. The third kappa shape index (κ3) is 4.94. The van der Waals surface area contributed by atoms with E-state index in [0.29, 0.717) is 25.7 Å². The van der Waals surface area contributed by atoms with Gasteiger partial charge in [-0.25, -0.2) is 13.1 Å². The Morgan fingerprint density at radius 1 is 1.16 bits per heavy atom. The monoisotopic (exact) mass is 441 g/mol. The van der Waals surface area contributed by atoms with Crippen molar-refractivity contribution in [3.63, 3.8) is 0 Å². The van der Waals surface area contributed by atoms with Crippen molar-refractivity contribution in [1.82, 2.24) is 24.8 Å². The third-order valence-corrected chi connectivity index (χ3v) is 7.37. The number of aromatic nitrogens is 3. The van der Waals surface area contributed by atoms with Gasteiger partial charge in [-0.3, -0.25) is 14.5 Å². The van der Waals surface area contributed by atoms with Crippen molar-refractivity contribution < 1.29 is 13.2 Å². The first-order chi connectivity index (χ1) is 14.8. The predicted molar refractivity (Wildman–Crippen MR) is 118 cm³/mol. The molecule has 2 aromatic heterocycles. The van der Waals surface area contributed by atoms with Crippen LogP contribution in [0.25, 0.3) is 10.9 Å². The van der Waals surface area contributed by atoms with E-state index in [4.69, 9.17) is 0 Å². The Labute approximate surface area is 182 Å². The first-order valence-electron chi connectivity index (χ1n) is 10.5. The van der Waals surface area contributed by atoms with E-state index in [1.54, 1.807) is 16.9 Å².